The van der Waals surface area contributed by atoms with E-state index >= 15 is 0 Å². The molecular weight excluding hydrogens is 172 g/mol. The van der Waals surface area contributed by atoms with Crippen molar-refractivity contribution in [1.82, 2.24) is 0 Å². The number of carbonyl (C=O) groups is 2. The van der Waals surface area contributed by atoms with Gasteiger partial charge >= 0.3 is 11.9 Å². The number of carboxylic acid groups (broad SMARTS) is 1. The molecule has 0 radical (unpaired) electrons. The molecule has 0 rings (SSSR count). The minimum absolute atomic E-state index is 0.0602. The first-order chi connectivity index (χ1) is 6.16. The second-order valence-electron chi connectivity index (χ2n) is 2.46. The van der Waals surface area contributed by atoms with E-state index in [-0.39, 0.29) is 19.4 Å². The van der Waals surface area contributed by atoms with Crippen LogP contribution in [-0.2, 0) is 14.3 Å². The molecule has 13 heavy (non-hydrogen) atoms. The van der Waals surface area contributed by atoms with Crippen LogP contribution in [0.3, 0.4) is 0 Å². The van der Waals surface area contributed by atoms with Gasteiger partial charge in [0.05, 0.1) is 12.8 Å². The van der Waals surface area contributed by atoms with E-state index in [1.165, 1.54) is 0 Å². The molecule has 4 heteroatoms. The summed E-state index contributed by atoms with van der Waals surface area (Å²) < 4.78 is 4.71. The number of hydrogen-bond acceptors (Lipinski definition) is 3. The highest BCUT2D eigenvalue weighted by molar-refractivity contribution is 5.76. The summed E-state index contributed by atoms with van der Waals surface area (Å²) in [4.78, 5) is 20.8. The number of aliphatic carboxylic acids is 1. The van der Waals surface area contributed by atoms with Crippen molar-refractivity contribution in [3.05, 3.63) is 12.2 Å². The molecule has 0 heterocycles. The van der Waals surface area contributed by atoms with Gasteiger partial charge in [0.15, 0.2) is 0 Å². The Bertz CT molecular complexity index is 196. The molecule has 0 unspecified atom stereocenters. The van der Waals surface area contributed by atoms with Gasteiger partial charge in [-0.25, -0.2) is 0 Å². The van der Waals surface area contributed by atoms with Crippen LogP contribution in [0, 0.1) is 0 Å². The first kappa shape index (κ1) is 11.7. The minimum Gasteiger partial charge on any atom is -0.481 e. The Morgan fingerprint density at radius 2 is 2.00 bits per heavy atom. The first-order valence-electron chi connectivity index (χ1n) is 4.19. The van der Waals surface area contributed by atoms with E-state index in [4.69, 9.17) is 9.84 Å². The van der Waals surface area contributed by atoms with Crippen molar-refractivity contribution in [2.75, 3.05) is 6.61 Å². The van der Waals surface area contributed by atoms with Crippen molar-refractivity contribution in [2.24, 2.45) is 0 Å². The molecular formula is C9H14O4. The molecule has 0 aromatic rings. The lowest BCUT2D eigenvalue weighted by Crippen LogP contribution is -2.07. The molecule has 0 bridgehead atoms. The molecule has 4 nitrogen and oxygen atoms in total. The van der Waals surface area contributed by atoms with E-state index in [1.807, 2.05) is 13.0 Å². The number of carbonyl (C=O) groups excluding carboxylic acids is 1. The fourth-order valence-corrected chi connectivity index (χ4v) is 0.657. The Balaban J connectivity index is 3.41. The molecule has 0 spiro atoms. The van der Waals surface area contributed by atoms with Crippen LogP contribution >= 0.6 is 0 Å². The van der Waals surface area contributed by atoms with E-state index in [9.17, 15) is 9.59 Å². The normalized spacial score (nSPS) is 10.2. The lowest BCUT2D eigenvalue weighted by molar-refractivity contribution is -0.146. The number of rotatable bonds is 6. The lowest BCUT2D eigenvalue weighted by Gasteiger charge is -1.98. The Hall–Kier alpha value is -1.32. The van der Waals surface area contributed by atoms with E-state index in [2.05, 4.69) is 0 Å². The third-order valence-corrected chi connectivity index (χ3v) is 1.29. The number of ether oxygens (including phenoxy) is 1. The van der Waals surface area contributed by atoms with Crippen LogP contribution in [-0.4, -0.2) is 23.7 Å². The fourth-order valence-electron chi connectivity index (χ4n) is 0.657. The molecule has 0 fully saturated rings. The van der Waals surface area contributed by atoms with E-state index in [0.717, 1.165) is 6.42 Å². The third-order valence-electron chi connectivity index (χ3n) is 1.29. The first-order valence-corrected chi connectivity index (χ1v) is 4.19. The van der Waals surface area contributed by atoms with Gasteiger partial charge in [0, 0.05) is 0 Å². The van der Waals surface area contributed by atoms with Crippen LogP contribution in [0.25, 0.3) is 0 Å². The lowest BCUT2D eigenvalue weighted by atomic mass is 10.3. The van der Waals surface area contributed by atoms with Gasteiger partial charge in [-0.3, -0.25) is 9.59 Å². The van der Waals surface area contributed by atoms with Crippen LogP contribution in [0.1, 0.15) is 26.2 Å². The summed E-state index contributed by atoms with van der Waals surface area (Å²) in [7, 11) is 0. The molecule has 0 amide bonds. The summed E-state index contributed by atoms with van der Waals surface area (Å²) in [6, 6.07) is 0. The van der Waals surface area contributed by atoms with E-state index < -0.39 is 11.9 Å². The molecule has 0 saturated carbocycles. The van der Waals surface area contributed by atoms with Gasteiger partial charge in [-0.1, -0.05) is 19.1 Å². The highest BCUT2D eigenvalue weighted by atomic mass is 16.5. The maximum absolute atomic E-state index is 10.8. The smallest absolute Gasteiger partial charge is 0.306 e. The van der Waals surface area contributed by atoms with E-state index in [1.54, 1.807) is 6.08 Å². The van der Waals surface area contributed by atoms with Crippen LogP contribution in [0.5, 0.6) is 0 Å². The molecule has 0 aliphatic carbocycles. The standard InChI is InChI=1S/C9H14O4/c1-2-3-4-7-13-9(12)6-5-8(10)11/h3-4H,2,5-7H2,1H3,(H,10,11)/b4-3+. The van der Waals surface area contributed by atoms with Gasteiger partial charge in [-0.15, -0.1) is 0 Å². The van der Waals surface area contributed by atoms with Crippen molar-refractivity contribution < 1.29 is 19.4 Å². The summed E-state index contributed by atoms with van der Waals surface area (Å²) in [6.45, 7) is 2.20. The predicted molar refractivity (Wildman–Crippen MR) is 47.3 cm³/mol. The van der Waals surface area contributed by atoms with Gasteiger partial charge < -0.3 is 9.84 Å². The fraction of sp³-hybridized carbons (Fsp3) is 0.556. The highest BCUT2D eigenvalue weighted by Crippen LogP contribution is 1.93. The molecule has 0 atom stereocenters. The van der Waals surface area contributed by atoms with E-state index in [0.29, 0.717) is 0 Å². The summed E-state index contributed by atoms with van der Waals surface area (Å²) >= 11 is 0. The Kier molecular flexibility index (Phi) is 6.59. The second kappa shape index (κ2) is 7.34. The number of hydrogen-bond donors (Lipinski definition) is 1. The SMILES string of the molecule is CC/C=C/COC(=O)CCC(=O)O. The second-order valence-corrected chi connectivity index (χ2v) is 2.46. The van der Waals surface area contributed by atoms with Crippen molar-refractivity contribution in [2.45, 2.75) is 26.2 Å². The Morgan fingerprint density at radius 3 is 2.54 bits per heavy atom. The van der Waals surface area contributed by atoms with Crippen LogP contribution in [0.2, 0.25) is 0 Å². The quantitative estimate of drug-likeness (QED) is 0.502. The maximum Gasteiger partial charge on any atom is 0.306 e. The molecule has 0 aromatic carbocycles. The molecule has 74 valence electrons. The monoisotopic (exact) mass is 186 g/mol. The predicted octanol–water partition coefficient (Wildman–Crippen LogP) is 1.36. The van der Waals surface area contributed by atoms with Gasteiger partial charge in [-0.05, 0) is 6.42 Å². The minimum atomic E-state index is -0.985. The molecule has 0 aliphatic heterocycles. The van der Waals surface area contributed by atoms with Crippen molar-refractivity contribution in [3.63, 3.8) is 0 Å². The average Bonchev–Trinajstić information content (AvgIpc) is 2.09. The Morgan fingerprint density at radius 1 is 1.31 bits per heavy atom. The summed E-state index contributed by atoms with van der Waals surface area (Å²) in [6.07, 6.45) is 4.28. The zero-order valence-corrected chi connectivity index (χ0v) is 7.66. The number of allylic oxidation sites excluding steroid dienone is 1. The van der Waals surface area contributed by atoms with Gasteiger partial charge in [-0.2, -0.15) is 0 Å². The zero-order chi connectivity index (χ0) is 10.1. The maximum atomic E-state index is 10.8. The highest BCUT2D eigenvalue weighted by Gasteiger charge is 2.04. The summed E-state index contributed by atoms with van der Waals surface area (Å²) in [5.41, 5.74) is 0. The number of carboxylic acids is 1. The van der Waals surface area contributed by atoms with Crippen LogP contribution in [0.15, 0.2) is 12.2 Å². The Labute approximate surface area is 77.2 Å². The summed E-state index contributed by atoms with van der Waals surface area (Å²) in [5.74, 6) is -1.45. The third kappa shape index (κ3) is 8.59. The van der Waals surface area contributed by atoms with Crippen molar-refractivity contribution in [1.29, 1.82) is 0 Å². The molecule has 1 N–H and O–H groups in total. The molecule has 0 aliphatic rings. The van der Waals surface area contributed by atoms with Crippen molar-refractivity contribution in [3.8, 4) is 0 Å². The largest absolute Gasteiger partial charge is 0.481 e. The average molecular weight is 186 g/mol. The van der Waals surface area contributed by atoms with Crippen LogP contribution < -0.4 is 0 Å². The van der Waals surface area contributed by atoms with Crippen molar-refractivity contribution >= 4 is 11.9 Å². The topological polar surface area (TPSA) is 63.6 Å². The van der Waals surface area contributed by atoms with Crippen LogP contribution in [0.4, 0.5) is 0 Å². The van der Waals surface area contributed by atoms with Gasteiger partial charge in [0.25, 0.3) is 0 Å². The summed E-state index contributed by atoms with van der Waals surface area (Å²) in [5, 5.41) is 8.25. The number of esters is 1. The zero-order valence-electron chi connectivity index (χ0n) is 7.66. The van der Waals surface area contributed by atoms with Gasteiger partial charge in [0.1, 0.15) is 6.61 Å². The molecule has 0 aromatic heterocycles. The van der Waals surface area contributed by atoms with Gasteiger partial charge in [0.2, 0.25) is 0 Å². The molecule has 0 saturated heterocycles.